The van der Waals surface area contributed by atoms with Gasteiger partial charge in [0.25, 0.3) is 0 Å². The molecule has 0 aliphatic rings. The highest BCUT2D eigenvalue weighted by Gasteiger charge is 2.06. The second-order valence-corrected chi connectivity index (χ2v) is 4.57. The molecule has 1 aromatic carbocycles. The van der Waals surface area contributed by atoms with Crippen LogP contribution in [0.1, 0.15) is 12.5 Å². The Labute approximate surface area is 120 Å². The number of hydrogen-bond acceptors (Lipinski definition) is 4. The molecule has 1 heterocycles. The summed E-state index contributed by atoms with van der Waals surface area (Å²) in [5.41, 5.74) is 2.24. The molecule has 2 aromatic rings. The fourth-order valence-electron chi connectivity index (χ4n) is 1.94. The average molecular weight is 271 g/mol. The Kier molecular flexibility index (Phi) is 4.96. The lowest BCUT2D eigenvalue weighted by Crippen LogP contribution is -2.14. The van der Waals surface area contributed by atoms with Gasteiger partial charge in [0.1, 0.15) is 11.6 Å². The molecule has 20 heavy (non-hydrogen) atoms. The summed E-state index contributed by atoms with van der Waals surface area (Å²) in [6.45, 7) is 3.91. The van der Waals surface area contributed by atoms with Crippen molar-refractivity contribution in [1.29, 1.82) is 0 Å². The minimum Gasteiger partial charge on any atom is -0.497 e. The van der Waals surface area contributed by atoms with Crippen LogP contribution in [0.15, 0.2) is 42.6 Å². The van der Waals surface area contributed by atoms with Crippen molar-refractivity contribution in [2.45, 2.75) is 13.5 Å². The molecular weight excluding hydrogens is 250 g/mol. The van der Waals surface area contributed by atoms with Crippen LogP contribution in [0.4, 0.5) is 11.5 Å². The molecule has 2 rings (SSSR count). The van der Waals surface area contributed by atoms with Gasteiger partial charge in [-0.2, -0.15) is 0 Å². The number of anilines is 2. The molecule has 1 N–H and O–H groups in total. The largest absolute Gasteiger partial charge is 0.497 e. The van der Waals surface area contributed by atoms with E-state index in [4.69, 9.17) is 4.74 Å². The molecule has 0 radical (unpaired) electrons. The first-order chi connectivity index (χ1) is 9.74. The van der Waals surface area contributed by atoms with Crippen molar-refractivity contribution in [2.75, 3.05) is 25.6 Å². The van der Waals surface area contributed by atoms with E-state index in [1.165, 1.54) is 5.56 Å². The molecule has 0 aliphatic heterocycles. The van der Waals surface area contributed by atoms with E-state index in [1.54, 1.807) is 7.11 Å². The maximum Gasteiger partial charge on any atom is 0.132 e. The van der Waals surface area contributed by atoms with Gasteiger partial charge in [-0.25, -0.2) is 4.98 Å². The summed E-state index contributed by atoms with van der Waals surface area (Å²) in [5, 5.41) is 3.29. The minimum atomic E-state index is 0.845. The highest BCUT2D eigenvalue weighted by atomic mass is 16.5. The Balaban J connectivity index is 2.13. The van der Waals surface area contributed by atoms with Crippen LogP contribution in [0.2, 0.25) is 0 Å². The molecule has 0 aliphatic carbocycles. The predicted molar refractivity (Wildman–Crippen MR) is 82.7 cm³/mol. The quantitative estimate of drug-likeness (QED) is 0.876. The van der Waals surface area contributed by atoms with Gasteiger partial charge in [-0.05, 0) is 30.3 Å². The summed E-state index contributed by atoms with van der Waals surface area (Å²) in [5.74, 6) is 1.76. The third kappa shape index (κ3) is 3.48. The number of rotatable bonds is 6. The van der Waals surface area contributed by atoms with E-state index in [-0.39, 0.29) is 0 Å². The Hall–Kier alpha value is -2.07. The maximum absolute atomic E-state index is 5.25. The first kappa shape index (κ1) is 14.3. The lowest BCUT2D eigenvalue weighted by Gasteiger charge is -2.19. The lowest BCUT2D eigenvalue weighted by atomic mass is 10.2. The Bertz CT molecular complexity index is 540. The van der Waals surface area contributed by atoms with E-state index < -0.39 is 0 Å². The number of pyridine rings is 1. The number of aromatic nitrogens is 1. The van der Waals surface area contributed by atoms with Crippen molar-refractivity contribution < 1.29 is 4.74 Å². The van der Waals surface area contributed by atoms with Crippen molar-refractivity contribution in [3.05, 3.63) is 48.2 Å². The first-order valence-electron chi connectivity index (χ1n) is 6.78. The molecule has 4 nitrogen and oxygen atoms in total. The fourth-order valence-corrected chi connectivity index (χ4v) is 1.94. The van der Waals surface area contributed by atoms with Gasteiger partial charge in [0.2, 0.25) is 0 Å². The molecule has 0 saturated heterocycles. The van der Waals surface area contributed by atoms with Crippen LogP contribution in [0.5, 0.6) is 5.75 Å². The molecule has 0 amide bonds. The normalized spacial score (nSPS) is 10.3. The zero-order valence-electron chi connectivity index (χ0n) is 12.3. The number of benzene rings is 1. The van der Waals surface area contributed by atoms with E-state index in [9.17, 15) is 0 Å². The van der Waals surface area contributed by atoms with E-state index >= 15 is 0 Å². The van der Waals surface area contributed by atoms with E-state index in [0.29, 0.717) is 0 Å². The summed E-state index contributed by atoms with van der Waals surface area (Å²) in [4.78, 5) is 6.55. The van der Waals surface area contributed by atoms with E-state index in [0.717, 1.165) is 30.3 Å². The van der Waals surface area contributed by atoms with Crippen LogP contribution in [0.25, 0.3) is 0 Å². The Morgan fingerprint density at radius 1 is 1.25 bits per heavy atom. The Morgan fingerprint density at radius 3 is 2.75 bits per heavy atom. The molecule has 0 fully saturated rings. The van der Waals surface area contributed by atoms with Gasteiger partial charge in [0.05, 0.1) is 7.11 Å². The Morgan fingerprint density at radius 2 is 2.10 bits per heavy atom. The zero-order chi connectivity index (χ0) is 14.4. The number of nitrogens with zero attached hydrogens (tertiary/aromatic N) is 2. The molecule has 0 atom stereocenters. The summed E-state index contributed by atoms with van der Waals surface area (Å²) in [6.07, 6.45) is 1.91. The van der Waals surface area contributed by atoms with Crippen LogP contribution in [-0.4, -0.2) is 25.7 Å². The molecular formula is C16H21N3O. The van der Waals surface area contributed by atoms with Gasteiger partial charge < -0.3 is 15.0 Å². The van der Waals surface area contributed by atoms with Gasteiger partial charge >= 0.3 is 0 Å². The molecule has 1 aromatic heterocycles. The van der Waals surface area contributed by atoms with E-state index in [2.05, 4.69) is 23.3 Å². The third-order valence-corrected chi connectivity index (χ3v) is 3.17. The summed E-state index contributed by atoms with van der Waals surface area (Å²) in [6, 6.07) is 12.1. The molecule has 4 heteroatoms. The topological polar surface area (TPSA) is 37.4 Å². The molecule has 0 bridgehead atoms. The van der Waals surface area contributed by atoms with Crippen LogP contribution in [0.3, 0.4) is 0 Å². The monoisotopic (exact) mass is 271 g/mol. The van der Waals surface area contributed by atoms with Crippen LogP contribution >= 0.6 is 0 Å². The van der Waals surface area contributed by atoms with Crippen molar-refractivity contribution in [3.63, 3.8) is 0 Å². The van der Waals surface area contributed by atoms with Crippen LogP contribution in [0, 0.1) is 0 Å². The second-order valence-electron chi connectivity index (χ2n) is 4.57. The smallest absolute Gasteiger partial charge is 0.132 e. The molecule has 0 spiro atoms. The molecule has 0 saturated carbocycles. The lowest BCUT2D eigenvalue weighted by molar-refractivity contribution is 0.415. The van der Waals surface area contributed by atoms with Crippen molar-refractivity contribution in [3.8, 4) is 5.75 Å². The zero-order valence-corrected chi connectivity index (χ0v) is 12.3. The SMILES string of the molecule is CCNCc1ccc(N(C)c2cccc(OC)c2)nc1. The van der Waals surface area contributed by atoms with Crippen molar-refractivity contribution in [2.24, 2.45) is 0 Å². The first-order valence-corrected chi connectivity index (χ1v) is 6.78. The van der Waals surface area contributed by atoms with Crippen molar-refractivity contribution >= 4 is 11.5 Å². The number of nitrogens with one attached hydrogen (secondary N) is 1. The summed E-state index contributed by atoms with van der Waals surface area (Å²) < 4.78 is 5.25. The van der Waals surface area contributed by atoms with Gasteiger partial charge in [-0.1, -0.05) is 19.1 Å². The minimum absolute atomic E-state index is 0.845. The van der Waals surface area contributed by atoms with Gasteiger partial charge in [-0.15, -0.1) is 0 Å². The standard InChI is InChI=1S/C16H21N3O/c1-4-17-11-13-8-9-16(18-12-13)19(2)14-6-5-7-15(10-14)20-3/h5-10,12,17H,4,11H2,1-3H3. The number of methoxy groups -OCH3 is 1. The molecule has 0 unspecified atom stereocenters. The number of ether oxygens (including phenoxy) is 1. The number of hydrogen-bond donors (Lipinski definition) is 1. The third-order valence-electron chi connectivity index (χ3n) is 3.17. The predicted octanol–water partition coefficient (Wildman–Crippen LogP) is 2.97. The highest BCUT2D eigenvalue weighted by molar-refractivity contribution is 5.60. The fraction of sp³-hybridized carbons (Fsp3) is 0.312. The summed E-state index contributed by atoms with van der Waals surface area (Å²) in [7, 11) is 3.67. The van der Waals surface area contributed by atoms with Crippen molar-refractivity contribution in [1.82, 2.24) is 10.3 Å². The van der Waals surface area contributed by atoms with Gasteiger partial charge in [0.15, 0.2) is 0 Å². The summed E-state index contributed by atoms with van der Waals surface area (Å²) >= 11 is 0. The highest BCUT2D eigenvalue weighted by Crippen LogP contribution is 2.25. The van der Waals surface area contributed by atoms with Gasteiger partial charge in [-0.3, -0.25) is 0 Å². The van der Waals surface area contributed by atoms with Crippen LogP contribution < -0.4 is 15.0 Å². The second kappa shape index (κ2) is 6.91. The van der Waals surface area contributed by atoms with E-state index in [1.807, 2.05) is 48.5 Å². The maximum atomic E-state index is 5.25. The van der Waals surface area contributed by atoms with Gasteiger partial charge in [0, 0.05) is 31.5 Å². The average Bonchev–Trinajstić information content (AvgIpc) is 2.52. The van der Waals surface area contributed by atoms with Crippen LogP contribution in [-0.2, 0) is 6.54 Å². The molecule has 106 valence electrons.